The quantitative estimate of drug-likeness (QED) is 0.884. The first-order valence-electron chi connectivity index (χ1n) is 5.93. The number of methoxy groups -OCH3 is 1. The van der Waals surface area contributed by atoms with E-state index in [1.165, 1.54) is 6.33 Å². The first-order valence-corrected chi connectivity index (χ1v) is 5.93. The summed E-state index contributed by atoms with van der Waals surface area (Å²) in [5.74, 6) is 1.91. The zero-order chi connectivity index (χ0) is 13.8. The SMILES string of the molecule is COc1cc([C@@H](C)O)ccc1OCc1ncnn1C. The summed E-state index contributed by atoms with van der Waals surface area (Å²) in [6.45, 7) is 2.01. The van der Waals surface area contributed by atoms with Crippen molar-refractivity contribution in [2.24, 2.45) is 7.05 Å². The molecule has 0 aliphatic heterocycles. The van der Waals surface area contributed by atoms with Gasteiger partial charge in [-0.2, -0.15) is 5.10 Å². The average molecular weight is 263 g/mol. The normalized spacial score (nSPS) is 12.2. The molecule has 1 aromatic carbocycles. The molecule has 0 spiro atoms. The van der Waals surface area contributed by atoms with Crippen LogP contribution in [0.2, 0.25) is 0 Å². The van der Waals surface area contributed by atoms with Crippen molar-refractivity contribution in [3.8, 4) is 11.5 Å². The zero-order valence-electron chi connectivity index (χ0n) is 11.2. The van der Waals surface area contributed by atoms with Crippen LogP contribution in [-0.2, 0) is 13.7 Å². The maximum absolute atomic E-state index is 9.53. The molecule has 0 bridgehead atoms. The second kappa shape index (κ2) is 5.71. The Morgan fingerprint density at radius 1 is 1.37 bits per heavy atom. The Morgan fingerprint density at radius 2 is 2.16 bits per heavy atom. The molecule has 0 aliphatic rings. The number of nitrogens with zero attached hydrogens (tertiary/aromatic N) is 3. The van der Waals surface area contributed by atoms with E-state index in [2.05, 4.69) is 10.1 Å². The van der Waals surface area contributed by atoms with Gasteiger partial charge in [0.05, 0.1) is 13.2 Å². The molecule has 1 aromatic heterocycles. The second-order valence-electron chi connectivity index (χ2n) is 4.17. The van der Waals surface area contributed by atoms with Crippen molar-refractivity contribution in [3.63, 3.8) is 0 Å². The van der Waals surface area contributed by atoms with Crippen LogP contribution in [0, 0.1) is 0 Å². The predicted octanol–water partition coefficient (Wildman–Crippen LogP) is 1.46. The molecule has 6 heteroatoms. The zero-order valence-corrected chi connectivity index (χ0v) is 11.2. The van der Waals surface area contributed by atoms with Gasteiger partial charge >= 0.3 is 0 Å². The number of ether oxygens (including phenoxy) is 2. The summed E-state index contributed by atoms with van der Waals surface area (Å²) in [7, 11) is 3.37. The molecule has 0 unspecified atom stereocenters. The molecule has 1 heterocycles. The molecule has 0 aliphatic carbocycles. The molecule has 0 saturated carbocycles. The lowest BCUT2D eigenvalue weighted by molar-refractivity contribution is 0.198. The third-order valence-corrected chi connectivity index (χ3v) is 2.83. The number of hydrogen-bond donors (Lipinski definition) is 1. The standard InChI is InChI=1S/C13H17N3O3/c1-9(17)10-4-5-11(12(6-10)18-3)19-7-13-14-8-15-16(13)2/h4-6,8-9,17H,7H2,1-3H3/t9-/m1/s1. The molecule has 2 rings (SSSR count). The highest BCUT2D eigenvalue weighted by molar-refractivity contribution is 5.43. The van der Waals surface area contributed by atoms with E-state index in [-0.39, 0.29) is 0 Å². The summed E-state index contributed by atoms with van der Waals surface area (Å²) < 4.78 is 12.6. The van der Waals surface area contributed by atoms with E-state index in [0.29, 0.717) is 18.1 Å². The van der Waals surface area contributed by atoms with Crippen molar-refractivity contribution in [2.75, 3.05) is 7.11 Å². The van der Waals surface area contributed by atoms with Crippen molar-refractivity contribution in [2.45, 2.75) is 19.6 Å². The van der Waals surface area contributed by atoms with Gasteiger partial charge < -0.3 is 14.6 Å². The largest absolute Gasteiger partial charge is 0.493 e. The van der Waals surface area contributed by atoms with E-state index in [4.69, 9.17) is 9.47 Å². The molecular formula is C13H17N3O3. The Balaban J connectivity index is 2.14. The first-order chi connectivity index (χ1) is 9.11. The molecule has 102 valence electrons. The molecule has 2 aromatic rings. The van der Waals surface area contributed by atoms with Gasteiger partial charge in [0.15, 0.2) is 17.3 Å². The fourth-order valence-electron chi connectivity index (χ4n) is 1.66. The molecule has 1 N–H and O–H groups in total. The van der Waals surface area contributed by atoms with E-state index >= 15 is 0 Å². The van der Waals surface area contributed by atoms with Crippen molar-refractivity contribution in [3.05, 3.63) is 35.9 Å². The number of rotatable bonds is 5. The summed E-state index contributed by atoms with van der Waals surface area (Å²) in [4.78, 5) is 4.08. The van der Waals surface area contributed by atoms with Crippen LogP contribution in [0.25, 0.3) is 0 Å². The van der Waals surface area contributed by atoms with Crippen molar-refractivity contribution < 1.29 is 14.6 Å². The molecule has 0 amide bonds. The van der Waals surface area contributed by atoms with Crippen LogP contribution < -0.4 is 9.47 Å². The molecular weight excluding hydrogens is 246 g/mol. The minimum atomic E-state index is -0.540. The molecule has 19 heavy (non-hydrogen) atoms. The van der Waals surface area contributed by atoms with E-state index in [9.17, 15) is 5.11 Å². The van der Waals surface area contributed by atoms with Crippen LogP contribution >= 0.6 is 0 Å². The number of aromatic nitrogens is 3. The minimum absolute atomic E-state index is 0.306. The molecule has 0 fully saturated rings. The van der Waals surface area contributed by atoms with E-state index < -0.39 is 6.10 Å². The van der Waals surface area contributed by atoms with Crippen LogP contribution in [0.5, 0.6) is 11.5 Å². The highest BCUT2D eigenvalue weighted by Crippen LogP contribution is 2.30. The van der Waals surface area contributed by atoms with Crippen LogP contribution in [0.1, 0.15) is 24.4 Å². The van der Waals surface area contributed by atoms with E-state index in [1.54, 1.807) is 44.0 Å². The van der Waals surface area contributed by atoms with E-state index in [0.717, 1.165) is 11.4 Å². The number of aliphatic hydroxyl groups excluding tert-OH is 1. The Labute approximate surface area is 111 Å². The fourth-order valence-corrected chi connectivity index (χ4v) is 1.66. The van der Waals surface area contributed by atoms with Crippen molar-refractivity contribution >= 4 is 0 Å². The number of aliphatic hydroxyl groups is 1. The average Bonchev–Trinajstić information content (AvgIpc) is 2.81. The maximum atomic E-state index is 9.53. The fraction of sp³-hybridized carbons (Fsp3) is 0.385. The summed E-state index contributed by atoms with van der Waals surface area (Å²) >= 11 is 0. The highest BCUT2D eigenvalue weighted by atomic mass is 16.5. The number of hydrogen-bond acceptors (Lipinski definition) is 5. The van der Waals surface area contributed by atoms with Gasteiger partial charge in [-0.05, 0) is 24.6 Å². The van der Waals surface area contributed by atoms with Gasteiger partial charge in [0.2, 0.25) is 0 Å². The first kappa shape index (κ1) is 13.4. The summed E-state index contributed by atoms with van der Waals surface area (Å²) in [5, 5.41) is 13.5. The second-order valence-corrected chi connectivity index (χ2v) is 4.17. The summed E-state index contributed by atoms with van der Waals surface area (Å²) in [6.07, 6.45) is 0.939. The smallest absolute Gasteiger partial charge is 0.164 e. The van der Waals surface area contributed by atoms with E-state index in [1.807, 2.05) is 0 Å². The third kappa shape index (κ3) is 3.03. The molecule has 0 saturated heterocycles. The van der Waals surface area contributed by atoms with Crippen LogP contribution in [0.15, 0.2) is 24.5 Å². The highest BCUT2D eigenvalue weighted by Gasteiger charge is 2.10. The van der Waals surface area contributed by atoms with Crippen molar-refractivity contribution in [1.82, 2.24) is 14.8 Å². The van der Waals surface area contributed by atoms with Gasteiger partial charge in [-0.1, -0.05) is 6.07 Å². The Bertz CT molecular complexity index is 552. The number of benzene rings is 1. The monoisotopic (exact) mass is 263 g/mol. The van der Waals surface area contributed by atoms with Crippen molar-refractivity contribution in [1.29, 1.82) is 0 Å². The van der Waals surface area contributed by atoms with Crippen LogP contribution in [-0.4, -0.2) is 27.0 Å². The lowest BCUT2D eigenvalue weighted by Crippen LogP contribution is -2.05. The number of aryl methyl sites for hydroxylation is 1. The van der Waals surface area contributed by atoms with Crippen LogP contribution in [0.3, 0.4) is 0 Å². The van der Waals surface area contributed by atoms with Gasteiger partial charge in [-0.15, -0.1) is 0 Å². The van der Waals surface area contributed by atoms with Gasteiger partial charge in [0, 0.05) is 7.05 Å². The summed E-state index contributed by atoms with van der Waals surface area (Å²) in [6, 6.07) is 5.34. The third-order valence-electron chi connectivity index (χ3n) is 2.83. The van der Waals surface area contributed by atoms with Gasteiger partial charge in [0.1, 0.15) is 12.9 Å². The van der Waals surface area contributed by atoms with Crippen LogP contribution in [0.4, 0.5) is 0 Å². The Kier molecular flexibility index (Phi) is 4.01. The predicted molar refractivity (Wildman–Crippen MR) is 69.0 cm³/mol. The lowest BCUT2D eigenvalue weighted by atomic mass is 10.1. The Hall–Kier alpha value is -2.08. The van der Waals surface area contributed by atoms with Gasteiger partial charge in [-0.3, -0.25) is 4.68 Å². The lowest BCUT2D eigenvalue weighted by Gasteiger charge is -2.13. The van der Waals surface area contributed by atoms with Gasteiger partial charge in [0.25, 0.3) is 0 Å². The van der Waals surface area contributed by atoms with Gasteiger partial charge in [-0.25, -0.2) is 4.98 Å². The molecule has 1 atom stereocenters. The molecule has 6 nitrogen and oxygen atoms in total. The summed E-state index contributed by atoms with van der Waals surface area (Å²) in [5.41, 5.74) is 0.780. The maximum Gasteiger partial charge on any atom is 0.164 e. The minimum Gasteiger partial charge on any atom is -0.493 e. The molecule has 0 radical (unpaired) electrons. The Morgan fingerprint density at radius 3 is 2.74 bits per heavy atom. The topological polar surface area (TPSA) is 69.4 Å².